The summed E-state index contributed by atoms with van der Waals surface area (Å²) in [5.41, 5.74) is 3.14. The fourth-order valence-corrected chi connectivity index (χ4v) is 1.38. The molecule has 2 heterocycles. The molecule has 0 saturated carbocycles. The first-order chi connectivity index (χ1) is 6.84. The molecule has 0 radical (unpaired) electrons. The van der Waals surface area contributed by atoms with E-state index >= 15 is 0 Å². The molecular weight excluding hydrogens is 204 g/mol. The average molecular weight is 215 g/mol. The van der Waals surface area contributed by atoms with Gasteiger partial charge in [-0.05, 0) is 0 Å². The fraction of sp³-hybridized carbons (Fsp3) is 0.500. The zero-order valence-electron chi connectivity index (χ0n) is 7.61. The Morgan fingerprint density at radius 1 is 1.36 bits per heavy atom. The van der Waals surface area contributed by atoms with Crippen LogP contribution in [0.3, 0.4) is 0 Å². The molecule has 2 rings (SSSR count). The van der Waals surface area contributed by atoms with E-state index in [-0.39, 0.29) is 0 Å². The monoisotopic (exact) mass is 214 g/mol. The van der Waals surface area contributed by atoms with Crippen molar-refractivity contribution in [3.8, 4) is 0 Å². The minimum atomic E-state index is 0.441. The number of nitrogens with zero attached hydrogens (tertiary/aromatic N) is 3. The highest BCUT2D eigenvalue weighted by molar-refractivity contribution is 6.29. The molecule has 6 heteroatoms. The van der Waals surface area contributed by atoms with Crippen LogP contribution in [0.15, 0.2) is 12.4 Å². The Bertz CT molecular complexity index is 303. The van der Waals surface area contributed by atoms with Crippen LogP contribution in [0.2, 0.25) is 5.15 Å². The van der Waals surface area contributed by atoms with Gasteiger partial charge in [-0.1, -0.05) is 11.6 Å². The van der Waals surface area contributed by atoms with E-state index in [0.29, 0.717) is 11.0 Å². The van der Waals surface area contributed by atoms with E-state index in [4.69, 9.17) is 16.3 Å². The molecule has 1 aromatic rings. The van der Waals surface area contributed by atoms with Crippen LogP contribution in [0.5, 0.6) is 0 Å². The van der Waals surface area contributed by atoms with Crippen molar-refractivity contribution >= 4 is 17.4 Å². The van der Waals surface area contributed by atoms with Gasteiger partial charge in [-0.3, -0.25) is 0 Å². The Kier molecular flexibility index (Phi) is 3.13. The number of hydrogen-bond donors (Lipinski definition) is 1. The molecule has 0 aromatic carbocycles. The highest BCUT2D eigenvalue weighted by Crippen LogP contribution is 2.09. The Labute approximate surface area is 87.0 Å². The molecular formula is C8H11ClN4O. The lowest BCUT2D eigenvalue weighted by molar-refractivity contribution is 0.0495. The number of morpholine rings is 1. The predicted octanol–water partition coefficient (Wildman–Crippen LogP) is 0.789. The highest BCUT2D eigenvalue weighted by Gasteiger charge is 2.10. The number of nitrogens with one attached hydrogen (secondary N) is 1. The highest BCUT2D eigenvalue weighted by atomic mass is 35.5. The Hall–Kier alpha value is -0.910. The number of halogens is 1. The summed E-state index contributed by atoms with van der Waals surface area (Å²) in [5, 5.41) is 2.48. The van der Waals surface area contributed by atoms with Crippen molar-refractivity contribution in [1.29, 1.82) is 0 Å². The molecule has 1 aromatic heterocycles. The maximum absolute atomic E-state index is 5.73. The second kappa shape index (κ2) is 4.54. The third-order valence-electron chi connectivity index (χ3n) is 1.92. The van der Waals surface area contributed by atoms with Crippen molar-refractivity contribution in [3.63, 3.8) is 0 Å². The minimum Gasteiger partial charge on any atom is -0.379 e. The van der Waals surface area contributed by atoms with Gasteiger partial charge in [0.15, 0.2) is 0 Å². The van der Waals surface area contributed by atoms with Gasteiger partial charge in [-0.2, -0.15) is 0 Å². The van der Waals surface area contributed by atoms with Crippen LogP contribution in [0.1, 0.15) is 0 Å². The van der Waals surface area contributed by atoms with Gasteiger partial charge in [0, 0.05) is 19.2 Å². The molecule has 0 bridgehead atoms. The van der Waals surface area contributed by atoms with E-state index in [0.717, 1.165) is 26.3 Å². The van der Waals surface area contributed by atoms with Crippen LogP contribution >= 0.6 is 11.6 Å². The minimum absolute atomic E-state index is 0.441. The molecule has 76 valence electrons. The van der Waals surface area contributed by atoms with Crippen molar-refractivity contribution in [2.45, 2.75) is 0 Å². The summed E-state index contributed by atoms with van der Waals surface area (Å²) in [6, 6.07) is 1.69. The largest absolute Gasteiger partial charge is 0.379 e. The normalized spacial score (nSPS) is 18.1. The molecule has 1 fully saturated rings. The van der Waals surface area contributed by atoms with Gasteiger partial charge in [-0.25, -0.2) is 15.0 Å². The van der Waals surface area contributed by atoms with E-state index in [2.05, 4.69) is 15.4 Å². The van der Waals surface area contributed by atoms with Crippen LogP contribution in [-0.4, -0.2) is 41.3 Å². The van der Waals surface area contributed by atoms with Crippen LogP contribution in [0, 0.1) is 0 Å². The maximum Gasteiger partial charge on any atom is 0.145 e. The smallest absolute Gasteiger partial charge is 0.145 e. The van der Waals surface area contributed by atoms with E-state index in [1.54, 1.807) is 6.07 Å². The van der Waals surface area contributed by atoms with Crippen LogP contribution in [-0.2, 0) is 4.74 Å². The number of rotatable bonds is 2. The van der Waals surface area contributed by atoms with Gasteiger partial charge in [0.25, 0.3) is 0 Å². The molecule has 1 saturated heterocycles. The van der Waals surface area contributed by atoms with Gasteiger partial charge in [-0.15, -0.1) is 0 Å². The van der Waals surface area contributed by atoms with Crippen molar-refractivity contribution in [2.24, 2.45) is 0 Å². The van der Waals surface area contributed by atoms with E-state index in [1.807, 2.05) is 5.01 Å². The summed E-state index contributed by atoms with van der Waals surface area (Å²) in [6.07, 6.45) is 1.44. The first kappa shape index (κ1) is 9.64. The summed E-state index contributed by atoms with van der Waals surface area (Å²) in [4.78, 5) is 7.85. The molecule has 0 aliphatic carbocycles. The van der Waals surface area contributed by atoms with E-state index < -0.39 is 0 Å². The Balaban J connectivity index is 1.95. The SMILES string of the molecule is Clc1cc(NN2CCOCC2)ncn1. The lowest BCUT2D eigenvalue weighted by atomic mass is 10.5. The van der Waals surface area contributed by atoms with Crippen molar-refractivity contribution in [3.05, 3.63) is 17.5 Å². The van der Waals surface area contributed by atoms with Gasteiger partial charge >= 0.3 is 0 Å². The maximum atomic E-state index is 5.73. The van der Waals surface area contributed by atoms with Crippen LogP contribution < -0.4 is 5.43 Å². The molecule has 1 aliphatic rings. The first-order valence-corrected chi connectivity index (χ1v) is 4.79. The summed E-state index contributed by atoms with van der Waals surface area (Å²) >= 11 is 5.73. The van der Waals surface area contributed by atoms with Gasteiger partial charge in [0.05, 0.1) is 13.2 Å². The summed E-state index contributed by atoms with van der Waals surface area (Å²) in [7, 11) is 0. The first-order valence-electron chi connectivity index (χ1n) is 4.41. The molecule has 0 atom stereocenters. The van der Waals surface area contributed by atoms with E-state index in [1.165, 1.54) is 6.33 Å². The fourth-order valence-electron chi connectivity index (χ4n) is 1.23. The lowest BCUT2D eigenvalue weighted by Crippen LogP contribution is -2.40. The lowest BCUT2D eigenvalue weighted by Gasteiger charge is -2.27. The number of hydrogen-bond acceptors (Lipinski definition) is 5. The molecule has 0 amide bonds. The van der Waals surface area contributed by atoms with Gasteiger partial charge in [0.2, 0.25) is 0 Å². The third kappa shape index (κ3) is 2.54. The van der Waals surface area contributed by atoms with Crippen molar-refractivity contribution in [2.75, 3.05) is 31.7 Å². The number of ether oxygens (including phenoxy) is 1. The average Bonchev–Trinajstić information content (AvgIpc) is 2.19. The topological polar surface area (TPSA) is 50.3 Å². The second-order valence-corrected chi connectivity index (χ2v) is 3.32. The molecule has 1 aliphatic heterocycles. The van der Waals surface area contributed by atoms with Crippen LogP contribution in [0.25, 0.3) is 0 Å². The standard InChI is InChI=1S/C8H11ClN4O/c9-7-5-8(11-6-10-7)12-13-1-3-14-4-2-13/h5-6H,1-4H2,(H,10,11,12). The predicted molar refractivity (Wildman–Crippen MR) is 53.1 cm³/mol. The number of anilines is 1. The number of hydrazine groups is 1. The summed E-state index contributed by atoms with van der Waals surface area (Å²) in [6.45, 7) is 3.18. The third-order valence-corrected chi connectivity index (χ3v) is 2.12. The van der Waals surface area contributed by atoms with Crippen molar-refractivity contribution in [1.82, 2.24) is 15.0 Å². The molecule has 0 unspecified atom stereocenters. The van der Waals surface area contributed by atoms with Crippen LogP contribution in [0.4, 0.5) is 5.82 Å². The quantitative estimate of drug-likeness (QED) is 0.738. The van der Waals surface area contributed by atoms with Gasteiger partial charge in [0.1, 0.15) is 17.3 Å². The zero-order valence-corrected chi connectivity index (χ0v) is 8.37. The Morgan fingerprint density at radius 2 is 2.14 bits per heavy atom. The molecule has 5 nitrogen and oxygen atoms in total. The zero-order chi connectivity index (χ0) is 9.80. The molecule has 1 N–H and O–H groups in total. The van der Waals surface area contributed by atoms with Crippen molar-refractivity contribution < 1.29 is 4.74 Å². The molecule has 0 spiro atoms. The number of aromatic nitrogens is 2. The van der Waals surface area contributed by atoms with E-state index in [9.17, 15) is 0 Å². The second-order valence-electron chi connectivity index (χ2n) is 2.94. The molecule has 14 heavy (non-hydrogen) atoms. The Morgan fingerprint density at radius 3 is 2.86 bits per heavy atom. The van der Waals surface area contributed by atoms with Gasteiger partial charge < -0.3 is 10.2 Å². The summed E-state index contributed by atoms with van der Waals surface area (Å²) in [5.74, 6) is 0.715. The summed E-state index contributed by atoms with van der Waals surface area (Å²) < 4.78 is 5.22.